The molecule has 6 heteroatoms. The lowest BCUT2D eigenvalue weighted by Crippen LogP contribution is -2.46. The highest BCUT2D eigenvalue weighted by Crippen LogP contribution is 2.28. The van der Waals surface area contributed by atoms with Crippen LogP contribution in [0.2, 0.25) is 0 Å². The second kappa shape index (κ2) is 5.16. The number of ketones is 1. The van der Waals surface area contributed by atoms with Crippen LogP contribution in [0, 0.1) is 17.8 Å². The van der Waals surface area contributed by atoms with Crippen LogP contribution in [0.15, 0.2) is 0 Å². The molecular weight excluding hydrogens is 234 g/mol. The van der Waals surface area contributed by atoms with Crippen LogP contribution < -0.4 is 5.73 Å². The van der Waals surface area contributed by atoms with Gasteiger partial charge in [0.2, 0.25) is 5.91 Å². The van der Waals surface area contributed by atoms with E-state index in [4.69, 9.17) is 5.73 Å². The van der Waals surface area contributed by atoms with Crippen LogP contribution in [0.3, 0.4) is 0 Å². The quantitative estimate of drug-likeness (QED) is 0.547. The van der Waals surface area contributed by atoms with Crippen LogP contribution in [0.25, 0.3) is 0 Å². The normalized spacial score (nSPS) is 26.3. The van der Waals surface area contributed by atoms with Crippen molar-refractivity contribution in [2.75, 3.05) is 14.1 Å². The number of nitrogens with two attached hydrogens (primary N) is 1. The molecule has 18 heavy (non-hydrogen) atoms. The fourth-order valence-corrected chi connectivity index (χ4v) is 2.09. The molecule has 3 atom stereocenters. The highest BCUT2D eigenvalue weighted by Gasteiger charge is 2.51. The van der Waals surface area contributed by atoms with E-state index in [-0.39, 0.29) is 17.6 Å². The number of nitrogens with zero attached hydrogens (tertiary/aromatic N) is 2. The van der Waals surface area contributed by atoms with Crippen LogP contribution in [0.1, 0.15) is 20.8 Å². The molecule has 0 unspecified atom stereocenters. The van der Waals surface area contributed by atoms with Crippen molar-refractivity contribution in [1.29, 1.82) is 0 Å². The zero-order valence-corrected chi connectivity index (χ0v) is 11.5. The smallest absolute Gasteiger partial charge is 0.255 e. The summed E-state index contributed by atoms with van der Waals surface area (Å²) in [6.45, 7) is 5.23. The third-order valence-electron chi connectivity index (χ3n) is 3.33. The van der Waals surface area contributed by atoms with Crippen LogP contribution >= 0.6 is 0 Å². The van der Waals surface area contributed by atoms with Gasteiger partial charge < -0.3 is 5.73 Å². The minimum Gasteiger partial charge on any atom is -0.321 e. The van der Waals surface area contributed by atoms with Crippen molar-refractivity contribution in [3.63, 3.8) is 0 Å². The Hall–Kier alpha value is -1.27. The molecule has 0 aromatic heterocycles. The first-order chi connectivity index (χ1) is 8.20. The highest BCUT2D eigenvalue weighted by atomic mass is 16.2. The second-order valence-electron chi connectivity index (χ2n) is 5.27. The van der Waals surface area contributed by atoms with Crippen LogP contribution in [0.4, 0.5) is 0 Å². The van der Waals surface area contributed by atoms with Crippen LogP contribution in [-0.2, 0) is 14.4 Å². The zero-order valence-electron chi connectivity index (χ0n) is 11.5. The van der Waals surface area contributed by atoms with E-state index in [1.165, 1.54) is 5.01 Å². The highest BCUT2D eigenvalue weighted by molar-refractivity contribution is 6.16. The number of hydrogen-bond acceptors (Lipinski definition) is 5. The fraction of sp³-hybridized carbons (Fsp3) is 0.750. The number of hydrogen-bond donors (Lipinski definition) is 1. The molecule has 0 aromatic rings. The van der Waals surface area contributed by atoms with Crippen molar-refractivity contribution < 1.29 is 14.4 Å². The van der Waals surface area contributed by atoms with E-state index in [0.29, 0.717) is 0 Å². The lowest BCUT2D eigenvalue weighted by atomic mass is 9.85. The molecule has 1 rings (SSSR count). The molecule has 6 nitrogen and oxygen atoms in total. The molecular formula is C12H21N3O3. The summed E-state index contributed by atoms with van der Waals surface area (Å²) >= 11 is 0. The number of carbonyl (C=O) groups excluding carboxylic acids is 3. The lowest BCUT2D eigenvalue weighted by molar-refractivity contribution is -0.154. The van der Waals surface area contributed by atoms with Gasteiger partial charge in [0.1, 0.15) is 5.92 Å². The van der Waals surface area contributed by atoms with Gasteiger partial charge >= 0.3 is 0 Å². The molecule has 0 spiro atoms. The van der Waals surface area contributed by atoms with E-state index in [1.54, 1.807) is 21.0 Å². The molecule has 0 bridgehead atoms. The SMILES string of the molecule is CC(C)[C@H](N)C(=O)[C@@H]1C(=O)N(N(C)C)C(=O)[C@H]1C. The van der Waals surface area contributed by atoms with Crippen molar-refractivity contribution in [1.82, 2.24) is 10.0 Å². The Bertz CT molecular complexity index is 379. The average molecular weight is 255 g/mol. The zero-order chi connectivity index (χ0) is 14.2. The molecule has 0 radical (unpaired) electrons. The molecule has 1 aliphatic heterocycles. The first-order valence-electron chi connectivity index (χ1n) is 6.04. The van der Waals surface area contributed by atoms with Crippen LogP contribution in [0.5, 0.6) is 0 Å². The van der Waals surface area contributed by atoms with Crippen molar-refractivity contribution >= 4 is 17.6 Å². The Balaban J connectivity index is 3.01. The van der Waals surface area contributed by atoms with E-state index in [1.807, 2.05) is 13.8 Å². The predicted molar refractivity (Wildman–Crippen MR) is 66.0 cm³/mol. The molecule has 1 saturated heterocycles. The summed E-state index contributed by atoms with van der Waals surface area (Å²) < 4.78 is 0. The maximum absolute atomic E-state index is 12.2. The average Bonchev–Trinajstić information content (AvgIpc) is 2.48. The van der Waals surface area contributed by atoms with E-state index in [2.05, 4.69) is 0 Å². The molecule has 102 valence electrons. The van der Waals surface area contributed by atoms with Gasteiger partial charge in [-0.1, -0.05) is 20.8 Å². The maximum Gasteiger partial charge on any atom is 0.255 e. The molecule has 0 aromatic carbocycles. The number of imide groups is 1. The number of Topliss-reactive ketones (excluding diaryl/α,β-unsaturated/α-hetero) is 1. The van der Waals surface area contributed by atoms with E-state index in [9.17, 15) is 14.4 Å². The summed E-state index contributed by atoms with van der Waals surface area (Å²) in [5.41, 5.74) is 5.79. The first kappa shape index (κ1) is 14.8. The van der Waals surface area contributed by atoms with Gasteiger partial charge in [0.25, 0.3) is 5.91 Å². The minimum absolute atomic E-state index is 0.0546. The Morgan fingerprint density at radius 1 is 1.28 bits per heavy atom. The molecule has 1 fully saturated rings. The molecule has 1 heterocycles. The third-order valence-corrected chi connectivity index (χ3v) is 3.33. The molecule has 0 saturated carbocycles. The van der Waals surface area contributed by atoms with Crippen molar-refractivity contribution in [2.45, 2.75) is 26.8 Å². The number of hydrazine groups is 1. The maximum atomic E-state index is 12.2. The van der Waals surface area contributed by atoms with Gasteiger partial charge in [-0.15, -0.1) is 0 Å². The largest absolute Gasteiger partial charge is 0.321 e. The van der Waals surface area contributed by atoms with Crippen molar-refractivity contribution in [3.8, 4) is 0 Å². The van der Waals surface area contributed by atoms with Gasteiger partial charge in [-0.25, -0.2) is 10.0 Å². The van der Waals surface area contributed by atoms with E-state index >= 15 is 0 Å². The third kappa shape index (κ3) is 2.30. The lowest BCUT2D eigenvalue weighted by Gasteiger charge is -2.22. The van der Waals surface area contributed by atoms with Crippen molar-refractivity contribution in [2.24, 2.45) is 23.5 Å². The van der Waals surface area contributed by atoms with E-state index < -0.39 is 23.8 Å². The summed E-state index contributed by atoms with van der Waals surface area (Å²) in [5.74, 6) is -2.81. The molecule has 2 amide bonds. The van der Waals surface area contributed by atoms with Crippen LogP contribution in [-0.4, -0.2) is 47.8 Å². The Morgan fingerprint density at radius 2 is 1.78 bits per heavy atom. The standard InChI is InChI=1S/C12H21N3O3/c1-6(2)9(13)10(16)8-7(3)11(17)15(12(8)18)14(4)5/h6-9H,13H2,1-5H3/t7-,8+,9-/m0/s1. The first-order valence-corrected chi connectivity index (χ1v) is 6.04. The summed E-state index contributed by atoms with van der Waals surface area (Å²) in [4.78, 5) is 36.2. The van der Waals surface area contributed by atoms with Gasteiger partial charge in [-0.2, -0.15) is 0 Å². The van der Waals surface area contributed by atoms with Gasteiger partial charge in [-0.3, -0.25) is 14.4 Å². The van der Waals surface area contributed by atoms with Gasteiger partial charge in [0, 0.05) is 14.1 Å². The Labute approximate surface area is 107 Å². The monoisotopic (exact) mass is 255 g/mol. The van der Waals surface area contributed by atoms with Crippen molar-refractivity contribution in [3.05, 3.63) is 0 Å². The molecule has 0 aliphatic carbocycles. The Kier molecular flexibility index (Phi) is 4.24. The molecule has 2 N–H and O–H groups in total. The number of carbonyl (C=O) groups is 3. The minimum atomic E-state index is -0.947. The summed E-state index contributed by atoms with van der Waals surface area (Å²) in [7, 11) is 3.19. The number of rotatable bonds is 4. The van der Waals surface area contributed by atoms with Gasteiger partial charge in [0.15, 0.2) is 5.78 Å². The summed E-state index contributed by atoms with van der Waals surface area (Å²) in [6.07, 6.45) is 0. The van der Waals surface area contributed by atoms with Gasteiger partial charge in [0.05, 0.1) is 12.0 Å². The summed E-state index contributed by atoms with van der Waals surface area (Å²) in [5, 5.41) is 2.41. The second-order valence-corrected chi connectivity index (χ2v) is 5.27. The van der Waals surface area contributed by atoms with Gasteiger partial charge in [-0.05, 0) is 5.92 Å². The number of amides is 2. The Morgan fingerprint density at radius 3 is 2.11 bits per heavy atom. The predicted octanol–water partition coefficient (Wildman–Crippen LogP) is -0.363. The van der Waals surface area contributed by atoms with E-state index in [0.717, 1.165) is 5.01 Å². The fourth-order valence-electron chi connectivity index (χ4n) is 2.09. The summed E-state index contributed by atoms with van der Waals surface area (Å²) in [6, 6.07) is -0.712. The topological polar surface area (TPSA) is 83.7 Å². The molecule has 1 aliphatic rings.